The Morgan fingerprint density at radius 2 is 1.59 bits per heavy atom. The summed E-state index contributed by atoms with van der Waals surface area (Å²) in [6.45, 7) is 0.459. The Morgan fingerprint density at radius 1 is 0.966 bits per heavy atom. The molecule has 2 aromatic carbocycles. The van der Waals surface area contributed by atoms with Gasteiger partial charge in [0.1, 0.15) is 11.7 Å². The molecule has 0 spiro atoms. The van der Waals surface area contributed by atoms with Crippen LogP contribution >= 0.6 is 0 Å². The van der Waals surface area contributed by atoms with Gasteiger partial charge >= 0.3 is 5.97 Å². The van der Waals surface area contributed by atoms with Crippen LogP contribution in [0.25, 0.3) is 12.2 Å². The predicted octanol–water partition coefficient (Wildman–Crippen LogP) is 2.93. The zero-order chi connectivity index (χ0) is 20.6. The van der Waals surface area contributed by atoms with Crippen LogP contribution in [0, 0.1) is 0 Å². The fourth-order valence-corrected chi connectivity index (χ4v) is 3.21. The van der Waals surface area contributed by atoms with Crippen molar-refractivity contribution in [1.82, 2.24) is 10.2 Å². The number of hydrogen-bond acceptors (Lipinski definition) is 3. The van der Waals surface area contributed by atoms with Gasteiger partial charge in [0.15, 0.2) is 0 Å². The van der Waals surface area contributed by atoms with Crippen molar-refractivity contribution >= 4 is 29.9 Å². The van der Waals surface area contributed by atoms with E-state index in [-0.39, 0.29) is 11.6 Å². The number of hydrogen-bond donors (Lipinski definition) is 2. The molecule has 1 atom stereocenters. The first-order valence-electron chi connectivity index (χ1n) is 9.39. The maximum Gasteiger partial charge on any atom is 0.352 e. The van der Waals surface area contributed by atoms with Crippen molar-refractivity contribution in [3.05, 3.63) is 83.6 Å². The molecule has 0 radical (unpaired) electrons. The van der Waals surface area contributed by atoms with Gasteiger partial charge in [0, 0.05) is 12.6 Å². The maximum absolute atomic E-state index is 12.7. The van der Waals surface area contributed by atoms with Crippen molar-refractivity contribution in [3.8, 4) is 0 Å². The fourth-order valence-electron chi connectivity index (χ4n) is 3.21. The van der Waals surface area contributed by atoms with E-state index in [9.17, 15) is 19.5 Å². The van der Waals surface area contributed by atoms with Crippen molar-refractivity contribution in [3.63, 3.8) is 0 Å². The van der Waals surface area contributed by atoms with Crippen molar-refractivity contribution in [2.45, 2.75) is 18.9 Å². The van der Waals surface area contributed by atoms with Crippen molar-refractivity contribution in [1.29, 1.82) is 0 Å². The normalized spacial score (nSPS) is 16.8. The molecule has 3 rings (SSSR count). The van der Waals surface area contributed by atoms with Crippen LogP contribution in [0.3, 0.4) is 0 Å². The van der Waals surface area contributed by atoms with Gasteiger partial charge in [0.25, 0.3) is 0 Å². The first-order chi connectivity index (χ1) is 14.0. The molecule has 2 aromatic rings. The second-order valence-corrected chi connectivity index (χ2v) is 6.70. The smallest absolute Gasteiger partial charge is 0.352 e. The lowest BCUT2D eigenvalue weighted by Gasteiger charge is -2.22. The lowest BCUT2D eigenvalue weighted by Crippen LogP contribution is -2.45. The average molecular weight is 390 g/mol. The number of nitrogens with zero attached hydrogens (tertiary/aromatic N) is 1. The average Bonchev–Trinajstić information content (AvgIpc) is 3.23. The molecular formula is C23H22N2O4. The summed E-state index contributed by atoms with van der Waals surface area (Å²) < 4.78 is 0. The quantitative estimate of drug-likeness (QED) is 0.743. The number of aliphatic carboxylic acids is 1. The van der Waals surface area contributed by atoms with Crippen LogP contribution in [0.4, 0.5) is 0 Å². The second kappa shape index (κ2) is 9.50. The summed E-state index contributed by atoms with van der Waals surface area (Å²) in [5.74, 6) is -1.99. The van der Waals surface area contributed by atoms with Gasteiger partial charge in [-0.05, 0) is 36.1 Å². The van der Waals surface area contributed by atoms with Crippen LogP contribution in [0.15, 0.2) is 72.4 Å². The number of carbonyl (C=O) groups excluding carboxylic acids is 2. The number of rotatable bonds is 6. The predicted molar refractivity (Wildman–Crippen MR) is 110 cm³/mol. The zero-order valence-electron chi connectivity index (χ0n) is 15.8. The molecule has 0 saturated carbocycles. The Kier molecular flexibility index (Phi) is 6.58. The monoisotopic (exact) mass is 390 g/mol. The second-order valence-electron chi connectivity index (χ2n) is 6.70. The van der Waals surface area contributed by atoms with E-state index in [1.807, 2.05) is 36.4 Å². The van der Waals surface area contributed by atoms with Crippen LogP contribution in [0.2, 0.25) is 0 Å². The van der Waals surface area contributed by atoms with E-state index in [4.69, 9.17) is 0 Å². The summed E-state index contributed by atoms with van der Waals surface area (Å²) in [4.78, 5) is 38.3. The molecule has 148 valence electrons. The van der Waals surface area contributed by atoms with E-state index in [1.54, 1.807) is 30.3 Å². The third kappa shape index (κ3) is 5.42. The van der Waals surface area contributed by atoms with Crippen LogP contribution in [0.1, 0.15) is 24.0 Å². The van der Waals surface area contributed by atoms with Gasteiger partial charge in [-0.3, -0.25) is 9.59 Å². The molecule has 1 aliphatic rings. The summed E-state index contributed by atoms with van der Waals surface area (Å²) >= 11 is 0. The van der Waals surface area contributed by atoms with Crippen molar-refractivity contribution in [2.24, 2.45) is 0 Å². The van der Waals surface area contributed by atoms with Crippen LogP contribution in [-0.4, -0.2) is 40.4 Å². The minimum Gasteiger partial charge on any atom is -0.477 e. The van der Waals surface area contributed by atoms with Gasteiger partial charge in [0.2, 0.25) is 11.8 Å². The zero-order valence-corrected chi connectivity index (χ0v) is 15.8. The van der Waals surface area contributed by atoms with Gasteiger partial charge in [-0.1, -0.05) is 60.7 Å². The largest absolute Gasteiger partial charge is 0.477 e. The van der Waals surface area contributed by atoms with Crippen molar-refractivity contribution < 1.29 is 19.5 Å². The summed E-state index contributed by atoms with van der Waals surface area (Å²) in [6.07, 6.45) is 5.73. The van der Waals surface area contributed by atoms with E-state index >= 15 is 0 Å². The number of nitrogens with one attached hydrogen (secondary N) is 1. The molecule has 0 aliphatic carbocycles. The Bertz CT molecular complexity index is 936. The topological polar surface area (TPSA) is 86.7 Å². The summed E-state index contributed by atoms with van der Waals surface area (Å²) in [7, 11) is 0. The molecule has 6 heteroatoms. The minimum atomic E-state index is -1.23. The highest BCUT2D eigenvalue weighted by Crippen LogP contribution is 2.19. The molecule has 1 heterocycles. The van der Waals surface area contributed by atoms with Crippen LogP contribution < -0.4 is 5.32 Å². The highest BCUT2D eigenvalue weighted by Gasteiger charge is 2.33. The van der Waals surface area contributed by atoms with Gasteiger partial charge in [-0.25, -0.2) is 4.79 Å². The van der Waals surface area contributed by atoms with Gasteiger partial charge < -0.3 is 15.3 Å². The van der Waals surface area contributed by atoms with Crippen molar-refractivity contribution in [2.75, 3.05) is 6.54 Å². The number of amides is 2. The SMILES string of the molecule is O=C(O)/C(=C\c1ccccc1)NC(=O)[C@@H]1CCCN1C(=O)/C=C/c1ccccc1. The van der Waals surface area contributed by atoms with Crippen LogP contribution in [0.5, 0.6) is 0 Å². The Balaban J connectivity index is 1.70. The molecule has 1 aliphatic heterocycles. The van der Waals surface area contributed by atoms with Gasteiger partial charge in [0.05, 0.1) is 0 Å². The summed E-state index contributed by atoms with van der Waals surface area (Å²) in [5, 5.41) is 11.9. The fraction of sp³-hybridized carbons (Fsp3) is 0.174. The molecule has 2 amide bonds. The highest BCUT2D eigenvalue weighted by molar-refractivity contribution is 6.00. The van der Waals surface area contributed by atoms with E-state index in [0.717, 1.165) is 5.56 Å². The molecule has 0 unspecified atom stereocenters. The molecular weight excluding hydrogens is 368 g/mol. The Hall–Kier alpha value is -3.67. The number of benzene rings is 2. The third-order valence-electron chi connectivity index (χ3n) is 4.66. The summed E-state index contributed by atoms with van der Waals surface area (Å²) in [5.41, 5.74) is 1.33. The highest BCUT2D eigenvalue weighted by atomic mass is 16.4. The molecule has 2 N–H and O–H groups in total. The number of likely N-dealkylation sites (tertiary alicyclic amines) is 1. The number of carboxylic acid groups (broad SMARTS) is 1. The number of carbonyl (C=O) groups is 3. The Morgan fingerprint density at radius 3 is 2.21 bits per heavy atom. The lowest BCUT2D eigenvalue weighted by molar-refractivity contribution is -0.137. The summed E-state index contributed by atoms with van der Waals surface area (Å²) in [6, 6.07) is 17.6. The van der Waals surface area contributed by atoms with E-state index in [0.29, 0.717) is 24.9 Å². The Labute approximate surface area is 169 Å². The van der Waals surface area contributed by atoms with Crippen LogP contribution in [-0.2, 0) is 14.4 Å². The standard InChI is InChI=1S/C23H22N2O4/c26-21(14-13-17-8-3-1-4-9-17)25-15-7-12-20(25)22(27)24-19(23(28)29)16-18-10-5-2-6-11-18/h1-6,8-11,13-14,16,20H,7,12,15H2,(H,24,27)(H,28,29)/b14-13+,19-16+/t20-/m0/s1. The molecule has 0 aromatic heterocycles. The molecule has 6 nitrogen and oxygen atoms in total. The minimum absolute atomic E-state index is 0.222. The molecule has 0 bridgehead atoms. The van der Waals surface area contributed by atoms with E-state index in [1.165, 1.54) is 17.1 Å². The van der Waals surface area contributed by atoms with E-state index < -0.39 is 17.9 Å². The van der Waals surface area contributed by atoms with Gasteiger partial charge in [-0.2, -0.15) is 0 Å². The van der Waals surface area contributed by atoms with Gasteiger partial charge in [-0.15, -0.1) is 0 Å². The lowest BCUT2D eigenvalue weighted by atomic mass is 10.1. The molecule has 1 saturated heterocycles. The van der Waals surface area contributed by atoms with E-state index in [2.05, 4.69) is 5.32 Å². The maximum atomic E-state index is 12.7. The number of carboxylic acids is 1. The first-order valence-corrected chi connectivity index (χ1v) is 9.39. The molecule has 1 fully saturated rings. The molecule has 29 heavy (non-hydrogen) atoms. The first kappa shape index (κ1) is 20.1. The third-order valence-corrected chi connectivity index (χ3v) is 4.66.